The Hall–Kier alpha value is -0.940. The van der Waals surface area contributed by atoms with Crippen LogP contribution < -0.4 is 5.73 Å². The number of aromatic nitrogens is 2. The molecule has 2 N–H and O–H groups in total. The summed E-state index contributed by atoms with van der Waals surface area (Å²) in [5, 5.41) is 4.23. The van der Waals surface area contributed by atoms with Crippen LogP contribution in [0.5, 0.6) is 0 Å². The lowest BCUT2D eigenvalue weighted by Gasteiger charge is -2.34. The molecule has 3 atom stereocenters. The lowest BCUT2D eigenvalue weighted by atomic mass is 9.90. The Kier molecular flexibility index (Phi) is 3.07. The van der Waals surface area contributed by atoms with E-state index in [0.29, 0.717) is 11.8 Å². The molecule has 3 fully saturated rings. The summed E-state index contributed by atoms with van der Waals surface area (Å²) in [5.41, 5.74) is 6.14. The smallest absolute Gasteiger partial charge is 0.228 e. The van der Waals surface area contributed by atoms with Gasteiger partial charge in [-0.1, -0.05) is 5.16 Å². The fourth-order valence-electron chi connectivity index (χ4n) is 4.03. The van der Waals surface area contributed by atoms with Crippen molar-refractivity contribution in [1.29, 1.82) is 0 Å². The Morgan fingerprint density at radius 3 is 2.60 bits per heavy atom. The highest BCUT2D eigenvalue weighted by atomic mass is 16.5. The molecule has 0 radical (unpaired) electrons. The molecule has 0 amide bonds. The topological polar surface area (TPSA) is 68.2 Å². The average Bonchev–Trinajstić information content (AvgIpc) is 3.16. The van der Waals surface area contributed by atoms with Crippen LogP contribution in [0.3, 0.4) is 0 Å². The lowest BCUT2D eigenvalue weighted by molar-refractivity contribution is 0.157. The van der Waals surface area contributed by atoms with Crippen molar-refractivity contribution in [2.75, 3.05) is 7.05 Å². The highest BCUT2D eigenvalue weighted by molar-refractivity contribution is 5.06. The van der Waals surface area contributed by atoms with Crippen LogP contribution in [0.15, 0.2) is 4.52 Å². The minimum Gasteiger partial charge on any atom is -0.339 e. The monoisotopic (exact) mass is 276 g/mol. The molecule has 1 saturated carbocycles. The zero-order valence-corrected chi connectivity index (χ0v) is 12.2. The molecule has 1 aromatic heterocycles. The van der Waals surface area contributed by atoms with Crippen LogP contribution in [0.4, 0.5) is 0 Å². The van der Waals surface area contributed by atoms with Gasteiger partial charge in [-0.25, -0.2) is 0 Å². The second-order valence-corrected chi connectivity index (χ2v) is 6.97. The van der Waals surface area contributed by atoms with Gasteiger partial charge < -0.3 is 15.2 Å². The summed E-state index contributed by atoms with van der Waals surface area (Å²) in [7, 11) is 2.26. The fourth-order valence-corrected chi connectivity index (χ4v) is 4.03. The molecule has 2 aliphatic heterocycles. The van der Waals surface area contributed by atoms with E-state index in [1.807, 2.05) is 0 Å². The van der Waals surface area contributed by atoms with Crippen LogP contribution in [-0.4, -0.2) is 40.2 Å². The zero-order chi connectivity index (χ0) is 13.7. The molecule has 2 saturated heterocycles. The Labute approximate surface area is 119 Å². The second kappa shape index (κ2) is 4.81. The maximum Gasteiger partial charge on any atom is 0.228 e. The van der Waals surface area contributed by atoms with Crippen molar-refractivity contribution in [3.8, 4) is 0 Å². The first-order valence-corrected chi connectivity index (χ1v) is 8.00. The van der Waals surface area contributed by atoms with Gasteiger partial charge in [-0.2, -0.15) is 4.98 Å². The first-order valence-electron chi connectivity index (χ1n) is 8.00. The summed E-state index contributed by atoms with van der Waals surface area (Å²) in [4.78, 5) is 7.17. The Morgan fingerprint density at radius 2 is 1.95 bits per heavy atom. The molecule has 2 bridgehead atoms. The first-order chi connectivity index (χ1) is 9.70. The summed E-state index contributed by atoms with van der Waals surface area (Å²) in [5.74, 6) is 2.83. The van der Waals surface area contributed by atoms with Gasteiger partial charge in [0, 0.05) is 30.5 Å². The van der Waals surface area contributed by atoms with E-state index in [1.165, 1.54) is 38.5 Å². The third-order valence-corrected chi connectivity index (χ3v) is 5.59. The predicted molar refractivity (Wildman–Crippen MR) is 75.2 cm³/mol. The van der Waals surface area contributed by atoms with Gasteiger partial charge in [-0.3, -0.25) is 0 Å². The minimum absolute atomic E-state index is 0.206. The number of piperidine rings is 1. The van der Waals surface area contributed by atoms with Crippen LogP contribution >= 0.6 is 0 Å². The molecular formula is C15H24N4O. The van der Waals surface area contributed by atoms with E-state index in [9.17, 15) is 0 Å². The largest absolute Gasteiger partial charge is 0.339 e. The van der Waals surface area contributed by atoms with Gasteiger partial charge in [-0.15, -0.1) is 0 Å². The van der Waals surface area contributed by atoms with Gasteiger partial charge in [-0.05, 0) is 51.5 Å². The molecule has 0 spiro atoms. The summed E-state index contributed by atoms with van der Waals surface area (Å²) >= 11 is 0. The standard InChI is InChI=1S/C15H24N4O/c1-19-11-4-5-12(19)7-10(6-11)15-17-14(20-18-15)8-13(16)9-2-3-9/h9-13H,2-8,16H2,1H3. The molecule has 0 aromatic carbocycles. The van der Waals surface area contributed by atoms with Gasteiger partial charge in [0.05, 0.1) is 0 Å². The van der Waals surface area contributed by atoms with Crippen molar-refractivity contribution in [3.05, 3.63) is 11.7 Å². The quantitative estimate of drug-likeness (QED) is 0.906. The highest BCUT2D eigenvalue weighted by Gasteiger charge is 2.40. The zero-order valence-electron chi connectivity index (χ0n) is 12.2. The minimum atomic E-state index is 0.206. The van der Waals surface area contributed by atoms with E-state index in [2.05, 4.69) is 22.1 Å². The van der Waals surface area contributed by atoms with Crippen molar-refractivity contribution in [3.63, 3.8) is 0 Å². The molecule has 3 aliphatic rings. The van der Waals surface area contributed by atoms with E-state index in [4.69, 9.17) is 10.3 Å². The summed E-state index contributed by atoms with van der Waals surface area (Å²) in [6.45, 7) is 0. The number of fused-ring (bicyclic) bond motifs is 2. The first kappa shape index (κ1) is 12.8. The molecule has 3 unspecified atom stereocenters. The van der Waals surface area contributed by atoms with Crippen LogP contribution in [0.1, 0.15) is 56.2 Å². The van der Waals surface area contributed by atoms with Gasteiger partial charge >= 0.3 is 0 Å². The van der Waals surface area contributed by atoms with Gasteiger partial charge in [0.25, 0.3) is 0 Å². The normalized spacial score (nSPS) is 35.4. The van der Waals surface area contributed by atoms with Crippen molar-refractivity contribution in [2.45, 2.75) is 69.0 Å². The molecule has 1 aromatic rings. The fraction of sp³-hybridized carbons (Fsp3) is 0.867. The maximum atomic E-state index is 6.14. The van der Waals surface area contributed by atoms with Crippen molar-refractivity contribution in [1.82, 2.24) is 15.0 Å². The highest BCUT2D eigenvalue weighted by Crippen LogP contribution is 2.41. The molecular weight excluding hydrogens is 252 g/mol. The van der Waals surface area contributed by atoms with Crippen molar-refractivity contribution >= 4 is 0 Å². The molecule has 4 rings (SSSR count). The number of nitrogens with two attached hydrogens (primary N) is 1. The number of hydrogen-bond donors (Lipinski definition) is 1. The molecule has 5 nitrogen and oxygen atoms in total. The molecule has 1 aliphatic carbocycles. The van der Waals surface area contributed by atoms with E-state index < -0.39 is 0 Å². The molecule has 20 heavy (non-hydrogen) atoms. The van der Waals surface area contributed by atoms with Crippen molar-refractivity contribution in [2.24, 2.45) is 11.7 Å². The molecule has 3 heterocycles. The van der Waals surface area contributed by atoms with E-state index in [-0.39, 0.29) is 6.04 Å². The number of nitrogens with zero attached hydrogens (tertiary/aromatic N) is 3. The van der Waals surface area contributed by atoms with Crippen LogP contribution in [0.25, 0.3) is 0 Å². The SMILES string of the molecule is CN1C2CCC1CC(c1noc(CC(N)C3CC3)n1)C2. The van der Waals surface area contributed by atoms with Gasteiger partial charge in [0.1, 0.15) is 0 Å². The molecule has 110 valence electrons. The predicted octanol–water partition coefficient (Wildman–Crippen LogP) is 1.69. The van der Waals surface area contributed by atoms with Crippen LogP contribution in [0.2, 0.25) is 0 Å². The van der Waals surface area contributed by atoms with Crippen molar-refractivity contribution < 1.29 is 4.52 Å². The average molecular weight is 276 g/mol. The van der Waals surface area contributed by atoms with Gasteiger partial charge in [0.2, 0.25) is 5.89 Å². The Balaban J connectivity index is 1.43. The maximum absolute atomic E-state index is 6.14. The van der Waals surface area contributed by atoms with E-state index in [1.54, 1.807) is 0 Å². The Bertz CT molecular complexity index is 470. The second-order valence-electron chi connectivity index (χ2n) is 6.97. The van der Waals surface area contributed by atoms with Crippen LogP contribution in [0, 0.1) is 5.92 Å². The third-order valence-electron chi connectivity index (χ3n) is 5.59. The third kappa shape index (κ3) is 2.27. The number of hydrogen-bond acceptors (Lipinski definition) is 5. The number of rotatable bonds is 4. The lowest BCUT2D eigenvalue weighted by Crippen LogP contribution is -2.39. The summed E-state index contributed by atoms with van der Waals surface area (Å²) in [6.07, 6.45) is 8.29. The Morgan fingerprint density at radius 1 is 1.25 bits per heavy atom. The molecule has 5 heteroatoms. The van der Waals surface area contributed by atoms with Crippen LogP contribution in [-0.2, 0) is 6.42 Å². The van der Waals surface area contributed by atoms with Gasteiger partial charge in [0.15, 0.2) is 5.82 Å². The summed E-state index contributed by atoms with van der Waals surface area (Å²) < 4.78 is 5.43. The van der Waals surface area contributed by atoms with E-state index in [0.717, 1.165) is 30.2 Å². The summed E-state index contributed by atoms with van der Waals surface area (Å²) in [6, 6.07) is 1.64. The van der Waals surface area contributed by atoms with E-state index >= 15 is 0 Å².